The van der Waals surface area contributed by atoms with E-state index in [1.165, 1.54) is 25.0 Å². The van der Waals surface area contributed by atoms with Crippen molar-refractivity contribution in [3.63, 3.8) is 0 Å². The van der Waals surface area contributed by atoms with Crippen LogP contribution in [-0.4, -0.2) is 30.0 Å². The van der Waals surface area contributed by atoms with E-state index in [1.54, 1.807) is 12.1 Å². The average Bonchev–Trinajstić information content (AvgIpc) is 2.55. The predicted molar refractivity (Wildman–Crippen MR) is 91.3 cm³/mol. The smallest absolute Gasteiger partial charge is 0.339 e. The molecule has 6 heteroatoms. The number of hydrogen-bond acceptors (Lipinski definition) is 4. The van der Waals surface area contributed by atoms with Crippen LogP contribution in [0.4, 0.5) is 0 Å². The Labute approximate surface area is 147 Å². The number of alkyl halides is 2. The van der Waals surface area contributed by atoms with Crippen LogP contribution >= 0.6 is 23.2 Å². The number of carbonyl (C=O) groups excluding carboxylic acids is 2. The van der Waals surface area contributed by atoms with Crippen LogP contribution in [0.25, 0.3) is 0 Å². The van der Waals surface area contributed by atoms with Crippen LogP contribution in [0, 0.1) is 0 Å². The zero-order chi connectivity index (χ0) is 17.1. The van der Waals surface area contributed by atoms with Crippen molar-refractivity contribution in [2.45, 2.75) is 43.9 Å². The first kappa shape index (κ1) is 19.8. The van der Waals surface area contributed by atoms with Gasteiger partial charge in [0.2, 0.25) is 0 Å². The highest BCUT2D eigenvalue weighted by atomic mass is 35.5. The molecule has 0 N–H and O–H groups in total. The van der Waals surface area contributed by atoms with Crippen molar-refractivity contribution in [3.05, 3.63) is 35.4 Å². The molecule has 1 rings (SSSR count). The molecule has 1 aromatic carbocycles. The topological polar surface area (TPSA) is 52.6 Å². The highest BCUT2D eigenvalue weighted by Crippen LogP contribution is 2.14. The van der Waals surface area contributed by atoms with Crippen molar-refractivity contribution in [2.24, 2.45) is 0 Å². The molecule has 23 heavy (non-hydrogen) atoms. The lowest BCUT2D eigenvalue weighted by Crippen LogP contribution is -2.16. The van der Waals surface area contributed by atoms with Gasteiger partial charge in [0.05, 0.1) is 17.7 Å². The average molecular weight is 361 g/mol. The number of carbonyl (C=O) groups is 2. The van der Waals surface area contributed by atoms with Gasteiger partial charge in [0.1, 0.15) is 11.4 Å². The molecular formula is C17H22Cl2O4. The zero-order valence-corrected chi connectivity index (χ0v) is 14.7. The molecule has 0 fully saturated rings. The summed E-state index contributed by atoms with van der Waals surface area (Å²) in [7, 11) is 0. The third-order valence-corrected chi connectivity index (χ3v) is 3.44. The van der Waals surface area contributed by atoms with Crippen molar-refractivity contribution in [2.75, 3.05) is 13.2 Å². The largest absolute Gasteiger partial charge is 0.462 e. The maximum absolute atomic E-state index is 12.1. The molecule has 128 valence electrons. The molecule has 0 amide bonds. The van der Waals surface area contributed by atoms with Gasteiger partial charge in [-0.2, -0.15) is 0 Å². The van der Waals surface area contributed by atoms with Crippen molar-refractivity contribution >= 4 is 35.1 Å². The Morgan fingerprint density at radius 3 is 2.09 bits per heavy atom. The van der Waals surface area contributed by atoms with Gasteiger partial charge in [-0.25, -0.2) is 9.59 Å². The molecule has 0 heterocycles. The third kappa shape index (κ3) is 7.71. The summed E-state index contributed by atoms with van der Waals surface area (Å²) >= 11 is 11.1. The first-order chi connectivity index (χ1) is 11.1. The minimum Gasteiger partial charge on any atom is -0.462 e. The van der Waals surface area contributed by atoms with Crippen LogP contribution in [0.3, 0.4) is 0 Å². The van der Waals surface area contributed by atoms with Crippen molar-refractivity contribution < 1.29 is 19.1 Å². The first-order valence-electron chi connectivity index (χ1n) is 7.77. The molecule has 0 radical (unpaired) electrons. The second-order valence-electron chi connectivity index (χ2n) is 5.09. The van der Waals surface area contributed by atoms with Crippen molar-refractivity contribution in [3.8, 4) is 0 Å². The van der Waals surface area contributed by atoms with Gasteiger partial charge in [-0.3, -0.25) is 0 Å². The molecule has 0 aliphatic carbocycles. The van der Waals surface area contributed by atoms with Crippen LogP contribution in [0.2, 0.25) is 0 Å². The van der Waals surface area contributed by atoms with Gasteiger partial charge in [-0.15, -0.1) is 23.2 Å². The summed E-state index contributed by atoms with van der Waals surface area (Å²) in [4.78, 5) is 23.3. The maximum Gasteiger partial charge on any atom is 0.339 e. The molecule has 1 aromatic rings. The second-order valence-corrected chi connectivity index (χ2v) is 6.36. The molecule has 0 bridgehead atoms. The summed E-state index contributed by atoms with van der Waals surface area (Å²) in [5, 5.41) is 0. The van der Waals surface area contributed by atoms with Crippen LogP contribution in [0.15, 0.2) is 24.3 Å². The van der Waals surface area contributed by atoms with Gasteiger partial charge in [0, 0.05) is 0 Å². The lowest BCUT2D eigenvalue weighted by atomic mass is 10.1. The molecule has 0 aliphatic rings. The Bertz CT molecular complexity index is 503. The highest BCUT2D eigenvalue weighted by Gasteiger charge is 2.19. The number of ether oxygens (including phenoxy) is 2. The summed E-state index contributed by atoms with van der Waals surface area (Å²) in [6.45, 7) is 2.35. The lowest BCUT2D eigenvalue weighted by molar-refractivity contribution is 0.0460. The molecule has 0 aliphatic heterocycles. The molecule has 0 atom stereocenters. The monoisotopic (exact) mass is 360 g/mol. The summed E-state index contributed by atoms with van der Waals surface area (Å²) in [5.74, 6) is -1.17. The van der Waals surface area contributed by atoms with E-state index in [-0.39, 0.29) is 17.7 Å². The van der Waals surface area contributed by atoms with Gasteiger partial charge in [0.25, 0.3) is 0 Å². The van der Waals surface area contributed by atoms with E-state index in [0.29, 0.717) is 6.61 Å². The third-order valence-electron chi connectivity index (χ3n) is 3.19. The van der Waals surface area contributed by atoms with E-state index in [1.807, 2.05) is 0 Å². The summed E-state index contributed by atoms with van der Waals surface area (Å²) in [5.41, 5.74) is 0.337. The number of hydrogen-bond donors (Lipinski definition) is 0. The Balaban J connectivity index is 2.54. The molecule has 0 saturated carbocycles. The van der Waals surface area contributed by atoms with Gasteiger partial charge in [0.15, 0.2) is 0 Å². The van der Waals surface area contributed by atoms with Crippen LogP contribution < -0.4 is 0 Å². The summed E-state index contributed by atoms with van der Waals surface area (Å²) in [6.07, 6.45) is 5.33. The van der Waals surface area contributed by atoms with Crippen LogP contribution in [-0.2, 0) is 9.47 Å². The van der Waals surface area contributed by atoms with Crippen molar-refractivity contribution in [1.82, 2.24) is 0 Å². The predicted octanol–water partition coefficient (Wildman–Crippen LogP) is 4.77. The zero-order valence-electron chi connectivity index (χ0n) is 13.2. The quantitative estimate of drug-likeness (QED) is 0.342. The van der Waals surface area contributed by atoms with Crippen molar-refractivity contribution in [1.29, 1.82) is 0 Å². The van der Waals surface area contributed by atoms with E-state index in [2.05, 4.69) is 6.92 Å². The van der Waals surface area contributed by atoms with E-state index in [9.17, 15) is 9.59 Å². The van der Waals surface area contributed by atoms with Crippen LogP contribution in [0.5, 0.6) is 0 Å². The number of rotatable bonds is 10. The van der Waals surface area contributed by atoms with Gasteiger partial charge in [-0.1, -0.05) is 44.7 Å². The number of halogens is 2. The van der Waals surface area contributed by atoms with E-state index < -0.39 is 16.8 Å². The Morgan fingerprint density at radius 2 is 1.52 bits per heavy atom. The maximum atomic E-state index is 12.1. The Morgan fingerprint density at radius 1 is 0.957 bits per heavy atom. The lowest BCUT2D eigenvalue weighted by Gasteiger charge is -2.10. The van der Waals surface area contributed by atoms with Crippen LogP contribution in [0.1, 0.15) is 59.7 Å². The Hall–Kier alpha value is -1.26. The molecule has 0 saturated heterocycles. The molecule has 0 spiro atoms. The van der Waals surface area contributed by atoms with E-state index in [0.717, 1.165) is 19.3 Å². The van der Waals surface area contributed by atoms with E-state index >= 15 is 0 Å². The van der Waals surface area contributed by atoms with Gasteiger partial charge < -0.3 is 9.47 Å². The number of benzene rings is 1. The second kappa shape index (κ2) is 11.3. The fraction of sp³-hybridized carbons (Fsp3) is 0.529. The van der Waals surface area contributed by atoms with Gasteiger partial charge >= 0.3 is 11.9 Å². The standard InChI is InChI=1S/C17H22Cl2O4/c1-2-3-4-5-8-11-22-16(20)13-9-6-7-10-14(13)17(21)23-12-15(18)19/h6-7,9-10,15H,2-5,8,11-12H2,1H3. The molecule has 0 unspecified atom stereocenters. The normalized spacial score (nSPS) is 10.6. The minimum absolute atomic E-state index is 0.136. The van der Waals surface area contributed by atoms with Gasteiger partial charge in [-0.05, 0) is 18.6 Å². The molecular weight excluding hydrogens is 339 g/mol. The Kier molecular flexibility index (Phi) is 9.72. The number of esters is 2. The molecule has 4 nitrogen and oxygen atoms in total. The SMILES string of the molecule is CCCCCCCOC(=O)c1ccccc1C(=O)OCC(Cl)Cl. The summed E-state index contributed by atoms with van der Waals surface area (Å²) in [6, 6.07) is 6.37. The highest BCUT2D eigenvalue weighted by molar-refractivity contribution is 6.44. The fourth-order valence-corrected chi connectivity index (χ4v) is 2.13. The number of unbranched alkanes of at least 4 members (excludes halogenated alkanes) is 4. The minimum atomic E-state index is -0.804. The fourth-order valence-electron chi connectivity index (χ4n) is 2.00. The molecule has 0 aromatic heterocycles. The first-order valence-corrected chi connectivity index (χ1v) is 8.65. The van der Waals surface area contributed by atoms with E-state index in [4.69, 9.17) is 32.7 Å². The summed E-state index contributed by atoms with van der Waals surface area (Å²) < 4.78 is 10.2.